The number of aliphatic hydroxyl groups excluding tert-OH is 1. The minimum absolute atomic E-state index is 0.191. The van der Waals surface area contributed by atoms with Crippen molar-refractivity contribution in [2.24, 2.45) is 0 Å². The SMILES string of the molecule is O[C@@H](COc1ccccc1Cl)CN1CCN(c2ccccc2F)CC1. The highest BCUT2D eigenvalue weighted by atomic mass is 35.5. The smallest absolute Gasteiger partial charge is 0.146 e. The monoisotopic (exact) mass is 364 g/mol. The third-order valence-corrected chi connectivity index (χ3v) is 4.61. The quantitative estimate of drug-likeness (QED) is 0.854. The summed E-state index contributed by atoms with van der Waals surface area (Å²) in [5.74, 6) is 0.386. The molecular formula is C19H22ClFN2O2. The second-order valence-electron chi connectivity index (χ2n) is 6.13. The Bertz CT molecular complexity index is 693. The molecule has 0 aromatic heterocycles. The fourth-order valence-corrected chi connectivity index (χ4v) is 3.17. The molecule has 134 valence electrons. The number of hydrogen-bond donors (Lipinski definition) is 1. The molecule has 4 nitrogen and oxygen atoms in total. The molecule has 1 fully saturated rings. The molecule has 0 radical (unpaired) electrons. The van der Waals surface area contributed by atoms with Crippen LogP contribution in [0.3, 0.4) is 0 Å². The Hall–Kier alpha value is -1.82. The van der Waals surface area contributed by atoms with Gasteiger partial charge in [-0.2, -0.15) is 0 Å². The zero-order valence-corrected chi connectivity index (χ0v) is 14.7. The van der Waals surface area contributed by atoms with E-state index in [2.05, 4.69) is 4.90 Å². The predicted octanol–water partition coefficient (Wildman–Crippen LogP) is 3.04. The van der Waals surface area contributed by atoms with E-state index >= 15 is 0 Å². The molecule has 1 atom stereocenters. The highest BCUT2D eigenvalue weighted by molar-refractivity contribution is 6.32. The van der Waals surface area contributed by atoms with Gasteiger partial charge in [-0.1, -0.05) is 35.9 Å². The van der Waals surface area contributed by atoms with Crippen LogP contribution in [0.25, 0.3) is 0 Å². The Morgan fingerprint density at radius 3 is 2.44 bits per heavy atom. The van der Waals surface area contributed by atoms with E-state index in [1.807, 2.05) is 23.1 Å². The number of halogens is 2. The number of piperazine rings is 1. The van der Waals surface area contributed by atoms with Gasteiger partial charge < -0.3 is 14.7 Å². The van der Waals surface area contributed by atoms with E-state index in [0.29, 0.717) is 23.0 Å². The molecule has 6 heteroatoms. The van der Waals surface area contributed by atoms with E-state index in [4.69, 9.17) is 16.3 Å². The van der Waals surface area contributed by atoms with Crippen molar-refractivity contribution < 1.29 is 14.2 Å². The van der Waals surface area contributed by atoms with Gasteiger partial charge in [0, 0.05) is 32.7 Å². The second kappa shape index (κ2) is 8.52. The van der Waals surface area contributed by atoms with E-state index in [1.54, 1.807) is 24.3 Å². The molecule has 0 spiro atoms. The third kappa shape index (κ3) is 4.84. The van der Waals surface area contributed by atoms with Crippen molar-refractivity contribution >= 4 is 17.3 Å². The standard InChI is InChI=1S/C19H22ClFN2O2/c20-16-5-1-4-8-19(16)25-14-15(24)13-22-9-11-23(12-10-22)18-7-3-2-6-17(18)21/h1-8,15,24H,9-14H2/t15-/m1/s1. The van der Waals surface area contributed by atoms with Crippen molar-refractivity contribution in [2.45, 2.75) is 6.10 Å². The Labute approximate surface area is 152 Å². The lowest BCUT2D eigenvalue weighted by atomic mass is 10.2. The molecule has 0 amide bonds. The van der Waals surface area contributed by atoms with Crippen LogP contribution in [-0.2, 0) is 0 Å². The van der Waals surface area contributed by atoms with Gasteiger partial charge in [0.1, 0.15) is 24.3 Å². The van der Waals surface area contributed by atoms with Crippen LogP contribution in [0.4, 0.5) is 10.1 Å². The van der Waals surface area contributed by atoms with E-state index in [-0.39, 0.29) is 12.4 Å². The van der Waals surface area contributed by atoms with Gasteiger partial charge in [-0.15, -0.1) is 0 Å². The fraction of sp³-hybridized carbons (Fsp3) is 0.368. The number of hydrogen-bond acceptors (Lipinski definition) is 4. The predicted molar refractivity (Wildman–Crippen MR) is 98.0 cm³/mol. The lowest BCUT2D eigenvalue weighted by Crippen LogP contribution is -2.49. The van der Waals surface area contributed by atoms with Crippen LogP contribution in [0.5, 0.6) is 5.75 Å². The lowest BCUT2D eigenvalue weighted by molar-refractivity contribution is 0.0663. The van der Waals surface area contributed by atoms with E-state index in [1.165, 1.54) is 6.07 Å². The van der Waals surface area contributed by atoms with E-state index in [0.717, 1.165) is 26.2 Å². The molecule has 2 aromatic rings. The van der Waals surface area contributed by atoms with Crippen LogP contribution in [0.1, 0.15) is 0 Å². The number of nitrogens with zero attached hydrogens (tertiary/aromatic N) is 2. The zero-order valence-electron chi connectivity index (χ0n) is 13.9. The summed E-state index contributed by atoms with van der Waals surface area (Å²) in [6.45, 7) is 3.74. The number of β-amino-alcohol motifs (C(OH)–C–C–N with tert-alkyl or cyclic N) is 1. The van der Waals surface area contributed by atoms with Gasteiger partial charge in [0.15, 0.2) is 0 Å². The summed E-state index contributed by atoms with van der Waals surface area (Å²) in [7, 11) is 0. The maximum Gasteiger partial charge on any atom is 0.146 e. The Balaban J connectivity index is 1.44. The van der Waals surface area contributed by atoms with Crippen molar-refractivity contribution in [1.29, 1.82) is 0 Å². The maximum atomic E-state index is 13.9. The average Bonchev–Trinajstić information content (AvgIpc) is 2.62. The maximum absolute atomic E-state index is 13.9. The summed E-state index contributed by atoms with van der Waals surface area (Å²) in [5.41, 5.74) is 0.643. The lowest BCUT2D eigenvalue weighted by Gasteiger charge is -2.36. The second-order valence-corrected chi connectivity index (χ2v) is 6.54. The molecule has 0 bridgehead atoms. The number of aliphatic hydroxyl groups is 1. The largest absolute Gasteiger partial charge is 0.489 e. The number of rotatable bonds is 6. The normalized spacial score (nSPS) is 16.7. The van der Waals surface area contributed by atoms with Gasteiger partial charge in [-0.05, 0) is 24.3 Å². The van der Waals surface area contributed by atoms with Gasteiger partial charge in [-0.25, -0.2) is 4.39 Å². The molecule has 2 aromatic carbocycles. The third-order valence-electron chi connectivity index (χ3n) is 4.30. The minimum Gasteiger partial charge on any atom is -0.489 e. The molecule has 1 aliphatic rings. The highest BCUT2D eigenvalue weighted by Gasteiger charge is 2.21. The fourth-order valence-electron chi connectivity index (χ4n) is 2.98. The van der Waals surface area contributed by atoms with Crippen LogP contribution in [-0.4, -0.2) is 55.4 Å². The van der Waals surface area contributed by atoms with Gasteiger partial charge in [0.05, 0.1) is 10.7 Å². The zero-order chi connectivity index (χ0) is 17.6. The molecular weight excluding hydrogens is 343 g/mol. The Morgan fingerprint density at radius 1 is 1.04 bits per heavy atom. The van der Waals surface area contributed by atoms with Crippen LogP contribution >= 0.6 is 11.6 Å². The summed E-state index contributed by atoms with van der Waals surface area (Å²) < 4.78 is 19.4. The van der Waals surface area contributed by atoms with Crippen molar-refractivity contribution in [1.82, 2.24) is 4.90 Å². The van der Waals surface area contributed by atoms with Gasteiger partial charge >= 0.3 is 0 Å². The first-order valence-corrected chi connectivity index (χ1v) is 8.78. The molecule has 1 heterocycles. The molecule has 0 aliphatic carbocycles. The highest BCUT2D eigenvalue weighted by Crippen LogP contribution is 2.23. The van der Waals surface area contributed by atoms with Crippen molar-refractivity contribution in [3.05, 3.63) is 59.4 Å². The first-order valence-electron chi connectivity index (χ1n) is 8.40. The molecule has 3 rings (SSSR count). The van der Waals surface area contributed by atoms with Crippen molar-refractivity contribution in [3.8, 4) is 5.75 Å². The topological polar surface area (TPSA) is 35.9 Å². The van der Waals surface area contributed by atoms with Crippen LogP contribution in [0, 0.1) is 5.82 Å². The number of para-hydroxylation sites is 2. The van der Waals surface area contributed by atoms with Crippen molar-refractivity contribution in [2.75, 3.05) is 44.2 Å². The molecule has 1 aliphatic heterocycles. The number of anilines is 1. The Morgan fingerprint density at radius 2 is 1.72 bits per heavy atom. The van der Waals surface area contributed by atoms with E-state index in [9.17, 15) is 9.50 Å². The Kier molecular flexibility index (Phi) is 6.13. The first-order chi connectivity index (χ1) is 12.1. The van der Waals surface area contributed by atoms with Crippen LogP contribution in [0.2, 0.25) is 5.02 Å². The van der Waals surface area contributed by atoms with E-state index < -0.39 is 6.10 Å². The molecule has 1 saturated heterocycles. The summed E-state index contributed by atoms with van der Waals surface area (Å²) in [4.78, 5) is 4.20. The summed E-state index contributed by atoms with van der Waals surface area (Å²) in [6, 6.07) is 14.0. The summed E-state index contributed by atoms with van der Waals surface area (Å²) in [5, 5.41) is 10.7. The minimum atomic E-state index is -0.601. The molecule has 25 heavy (non-hydrogen) atoms. The number of benzene rings is 2. The first kappa shape index (κ1) is 18.0. The van der Waals surface area contributed by atoms with Gasteiger partial charge in [0.25, 0.3) is 0 Å². The number of ether oxygens (including phenoxy) is 1. The van der Waals surface area contributed by atoms with Crippen LogP contribution < -0.4 is 9.64 Å². The van der Waals surface area contributed by atoms with Crippen LogP contribution in [0.15, 0.2) is 48.5 Å². The van der Waals surface area contributed by atoms with Crippen molar-refractivity contribution in [3.63, 3.8) is 0 Å². The summed E-state index contributed by atoms with van der Waals surface area (Å²) >= 11 is 6.03. The molecule has 0 unspecified atom stereocenters. The molecule has 0 saturated carbocycles. The summed E-state index contributed by atoms with van der Waals surface area (Å²) in [6.07, 6.45) is -0.601. The van der Waals surface area contributed by atoms with Gasteiger partial charge in [0.2, 0.25) is 0 Å². The molecule has 1 N–H and O–H groups in total. The average molecular weight is 365 g/mol. The van der Waals surface area contributed by atoms with Gasteiger partial charge in [-0.3, -0.25) is 4.90 Å².